The lowest BCUT2D eigenvalue weighted by atomic mass is 10.2. The van der Waals surface area contributed by atoms with Crippen LogP contribution in [0.5, 0.6) is 0 Å². The first-order chi connectivity index (χ1) is 10.2. The fourth-order valence-corrected chi connectivity index (χ4v) is 1.99. The molecule has 4 nitrogen and oxygen atoms in total. The number of amides is 1. The number of halogens is 1. The number of anilines is 2. The first kappa shape index (κ1) is 13.5. The highest BCUT2D eigenvalue weighted by atomic mass is 19.1. The molecule has 1 aromatic heterocycles. The first-order valence-corrected chi connectivity index (χ1v) is 6.96. The second-order valence-corrected chi connectivity index (χ2v) is 5.14. The molecule has 2 aromatic rings. The van der Waals surface area contributed by atoms with Gasteiger partial charge in [0.1, 0.15) is 11.6 Å². The minimum absolute atomic E-state index is 0.0366. The van der Waals surface area contributed by atoms with Gasteiger partial charge in [0.15, 0.2) is 0 Å². The zero-order valence-corrected chi connectivity index (χ0v) is 11.5. The molecule has 0 unspecified atom stereocenters. The molecule has 1 aromatic carbocycles. The second kappa shape index (κ2) is 5.91. The van der Waals surface area contributed by atoms with Gasteiger partial charge in [-0.3, -0.25) is 4.79 Å². The van der Waals surface area contributed by atoms with Gasteiger partial charge in [-0.1, -0.05) is 18.2 Å². The Balaban J connectivity index is 1.56. The van der Waals surface area contributed by atoms with Gasteiger partial charge in [0.25, 0.3) is 0 Å². The molecule has 0 spiro atoms. The van der Waals surface area contributed by atoms with Crippen molar-refractivity contribution in [3.63, 3.8) is 0 Å². The van der Waals surface area contributed by atoms with E-state index in [1.54, 1.807) is 30.5 Å². The Morgan fingerprint density at radius 1 is 1.24 bits per heavy atom. The van der Waals surface area contributed by atoms with Crippen molar-refractivity contribution in [2.75, 3.05) is 10.6 Å². The van der Waals surface area contributed by atoms with Gasteiger partial charge in [-0.2, -0.15) is 0 Å². The molecule has 1 heterocycles. The lowest BCUT2D eigenvalue weighted by Gasteiger charge is -2.08. The SMILES string of the molecule is O=C(Nc1ccc(NCc2ccccc2F)cn1)C1CC1. The van der Waals surface area contributed by atoms with Gasteiger partial charge in [0.2, 0.25) is 5.91 Å². The van der Waals surface area contributed by atoms with Gasteiger partial charge in [-0.25, -0.2) is 9.37 Å². The molecule has 1 fully saturated rings. The summed E-state index contributed by atoms with van der Waals surface area (Å²) in [5.41, 5.74) is 1.38. The molecule has 21 heavy (non-hydrogen) atoms. The summed E-state index contributed by atoms with van der Waals surface area (Å²) in [6, 6.07) is 10.2. The van der Waals surface area contributed by atoms with Crippen LogP contribution in [-0.2, 0) is 11.3 Å². The van der Waals surface area contributed by atoms with E-state index in [9.17, 15) is 9.18 Å². The van der Waals surface area contributed by atoms with Gasteiger partial charge < -0.3 is 10.6 Å². The third kappa shape index (κ3) is 3.56. The van der Waals surface area contributed by atoms with Gasteiger partial charge in [-0.15, -0.1) is 0 Å². The molecule has 2 N–H and O–H groups in total. The molecule has 0 bridgehead atoms. The van der Waals surface area contributed by atoms with Gasteiger partial charge in [0, 0.05) is 18.0 Å². The van der Waals surface area contributed by atoms with Crippen molar-refractivity contribution in [1.82, 2.24) is 4.98 Å². The molecule has 3 rings (SSSR count). The fraction of sp³-hybridized carbons (Fsp3) is 0.250. The molecule has 0 aliphatic heterocycles. The van der Waals surface area contributed by atoms with Crippen molar-refractivity contribution in [3.8, 4) is 0 Å². The van der Waals surface area contributed by atoms with Crippen molar-refractivity contribution in [3.05, 3.63) is 54.0 Å². The minimum Gasteiger partial charge on any atom is -0.380 e. The Kier molecular flexibility index (Phi) is 3.81. The van der Waals surface area contributed by atoms with E-state index in [-0.39, 0.29) is 17.6 Å². The molecular formula is C16H16FN3O. The predicted molar refractivity (Wildman–Crippen MR) is 79.3 cm³/mol. The minimum atomic E-state index is -0.230. The van der Waals surface area contributed by atoms with Crippen LogP contribution in [-0.4, -0.2) is 10.9 Å². The zero-order valence-electron chi connectivity index (χ0n) is 11.5. The second-order valence-electron chi connectivity index (χ2n) is 5.14. The Hall–Kier alpha value is -2.43. The summed E-state index contributed by atoms with van der Waals surface area (Å²) in [6.45, 7) is 0.391. The van der Waals surface area contributed by atoms with Crippen LogP contribution in [0.15, 0.2) is 42.6 Å². The molecule has 1 aliphatic carbocycles. The standard InChI is InChI=1S/C16H16FN3O/c17-14-4-2-1-3-12(14)9-18-13-7-8-15(19-10-13)20-16(21)11-5-6-11/h1-4,7-8,10-11,18H,5-6,9H2,(H,19,20,21). The third-order valence-electron chi connectivity index (χ3n) is 3.40. The van der Waals surface area contributed by atoms with Crippen LogP contribution in [0.4, 0.5) is 15.9 Å². The molecule has 1 amide bonds. The van der Waals surface area contributed by atoms with E-state index in [2.05, 4.69) is 15.6 Å². The summed E-state index contributed by atoms with van der Waals surface area (Å²) in [6.07, 6.45) is 3.56. The maximum atomic E-state index is 13.5. The quantitative estimate of drug-likeness (QED) is 0.887. The number of carbonyl (C=O) groups is 1. The summed E-state index contributed by atoms with van der Waals surface area (Å²) in [5, 5.41) is 5.88. The van der Waals surface area contributed by atoms with Crippen molar-refractivity contribution in [2.45, 2.75) is 19.4 Å². The lowest BCUT2D eigenvalue weighted by Crippen LogP contribution is -2.14. The Labute approximate surface area is 122 Å². The number of hydrogen-bond donors (Lipinski definition) is 2. The fourth-order valence-electron chi connectivity index (χ4n) is 1.99. The van der Waals surface area contributed by atoms with E-state index < -0.39 is 0 Å². The average Bonchev–Trinajstić information content (AvgIpc) is 3.33. The van der Waals surface area contributed by atoms with Gasteiger partial charge >= 0.3 is 0 Å². The van der Waals surface area contributed by atoms with Crippen LogP contribution in [0, 0.1) is 11.7 Å². The van der Waals surface area contributed by atoms with E-state index in [0.29, 0.717) is 17.9 Å². The Bertz CT molecular complexity index is 638. The highest BCUT2D eigenvalue weighted by Gasteiger charge is 2.29. The van der Waals surface area contributed by atoms with Crippen molar-refractivity contribution in [1.29, 1.82) is 0 Å². The van der Waals surface area contributed by atoms with E-state index >= 15 is 0 Å². The zero-order chi connectivity index (χ0) is 14.7. The van der Waals surface area contributed by atoms with E-state index in [4.69, 9.17) is 0 Å². The summed E-state index contributed by atoms with van der Waals surface area (Å²) < 4.78 is 13.5. The smallest absolute Gasteiger partial charge is 0.228 e. The average molecular weight is 285 g/mol. The maximum Gasteiger partial charge on any atom is 0.228 e. The molecule has 108 valence electrons. The number of carbonyl (C=O) groups excluding carboxylic acids is 1. The highest BCUT2D eigenvalue weighted by Crippen LogP contribution is 2.29. The topological polar surface area (TPSA) is 54.0 Å². The van der Waals surface area contributed by atoms with Crippen LogP contribution in [0.3, 0.4) is 0 Å². The number of pyridine rings is 1. The number of hydrogen-bond acceptors (Lipinski definition) is 3. The number of rotatable bonds is 5. The molecule has 0 saturated heterocycles. The predicted octanol–water partition coefficient (Wildman–Crippen LogP) is 3.18. The third-order valence-corrected chi connectivity index (χ3v) is 3.40. The summed E-state index contributed by atoms with van der Waals surface area (Å²) in [4.78, 5) is 15.8. The van der Waals surface area contributed by atoms with Crippen LogP contribution in [0.1, 0.15) is 18.4 Å². The molecular weight excluding hydrogens is 269 g/mol. The van der Waals surface area contributed by atoms with Crippen molar-refractivity contribution >= 4 is 17.4 Å². The molecule has 0 atom stereocenters. The van der Waals surface area contributed by atoms with Crippen molar-refractivity contribution in [2.24, 2.45) is 5.92 Å². The van der Waals surface area contributed by atoms with Crippen LogP contribution in [0.25, 0.3) is 0 Å². The van der Waals surface area contributed by atoms with Crippen LogP contribution in [0.2, 0.25) is 0 Å². The summed E-state index contributed by atoms with van der Waals surface area (Å²) in [5.74, 6) is 0.509. The monoisotopic (exact) mass is 285 g/mol. The summed E-state index contributed by atoms with van der Waals surface area (Å²) in [7, 11) is 0. The van der Waals surface area contributed by atoms with E-state index in [1.165, 1.54) is 6.07 Å². The number of aromatic nitrogens is 1. The van der Waals surface area contributed by atoms with Crippen LogP contribution < -0.4 is 10.6 Å². The van der Waals surface area contributed by atoms with Gasteiger partial charge in [-0.05, 0) is 31.0 Å². The number of nitrogens with one attached hydrogen (secondary N) is 2. The molecule has 1 aliphatic rings. The van der Waals surface area contributed by atoms with Crippen molar-refractivity contribution < 1.29 is 9.18 Å². The highest BCUT2D eigenvalue weighted by molar-refractivity contribution is 5.93. The normalized spacial score (nSPS) is 13.8. The maximum absolute atomic E-state index is 13.5. The van der Waals surface area contributed by atoms with Gasteiger partial charge in [0.05, 0.1) is 11.9 Å². The van der Waals surface area contributed by atoms with Crippen LogP contribution >= 0.6 is 0 Å². The van der Waals surface area contributed by atoms with E-state index in [0.717, 1.165) is 18.5 Å². The van der Waals surface area contributed by atoms with E-state index in [1.807, 2.05) is 6.07 Å². The largest absolute Gasteiger partial charge is 0.380 e. The lowest BCUT2D eigenvalue weighted by molar-refractivity contribution is -0.117. The Morgan fingerprint density at radius 3 is 2.71 bits per heavy atom. The summed E-state index contributed by atoms with van der Waals surface area (Å²) >= 11 is 0. The first-order valence-electron chi connectivity index (χ1n) is 6.96. The number of benzene rings is 1. The molecule has 5 heteroatoms. The Morgan fingerprint density at radius 2 is 2.05 bits per heavy atom. The molecule has 1 saturated carbocycles. The number of nitrogens with zero attached hydrogens (tertiary/aromatic N) is 1. The molecule has 0 radical (unpaired) electrons.